The van der Waals surface area contributed by atoms with Crippen LogP contribution in [0.4, 0.5) is 14.5 Å². The van der Waals surface area contributed by atoms with Crippen molar-refractivity contribution in [2.75, 3.05) is 30.5 Å². The highest BCUT2D eigenvalue weighted by Gasteiger charge is 2.36. The molecule has 1 saturated heterocycles. The van der Waals surface area contributed by atoms with Gasteiger partial charge in [-0.3, -0.25) is 14.0 Å². The van der Waals surface area contributed by atoms with Crippen LogP contribution in [0.2, 0.25) is 0 Å². The lowest BCUT2D eigenvalue weighted by molar-refractivity contribution is 0.0898. The lowest BCUT2D eigenvalue weighted by Crippen LogP contribution is -2.42. The van der Waals surface area contributed by atoms with E-state index in [0.717, 1.165) is 0 Å². The number of piperidine rings is 1. The number of benzene rings is 3. The second-order valence-electron chi connectivity index (χ2n) is 8.85. The molecule has 2 aliphatic rings. The van der Waals surface area contributed by atoms with Crippen LogP contribution in [0.25, 0.3) is 0 Å². The molecule has 1 fully saturated rings. The van der Waals surface area contributed by atoms with Gasteiger partial charge in [0.25, 0.3) is 10.0 Å². The van der Waals surface area contributed by atoms with Crippen LogP contribution < -0.4 is 9.04 Å². The van der Waals surface area contributed by atoms with E-state index in [0.29, 0.717) is 31.5 Å². The molecular weight excluding hydrogens is 474 g/mol. The summed E-state index contributed by atoms with van der Waals surface area (Å²) in [5, 5.41) is 0. The maximum absolute atomic E-state index is 14.2. The third kappa shape index (κ3) is 4.78. The number of Topliss-reactive ketones (excluding diaryl/α,β-unsaturated/α-hetero) is 1. The van der Waals surface area contributed by atoms with Gasteiger partial charge in [0.1, 0.15) is 22.3 Å². The molecule has 0 radical (unpaired) electrons. The van der Waals surface area contributed by atoms with Crippen LogP contribution in [-0.4, -0.2) is 45.3 Å². The van der Waals surface area contributed by atoms with Crippen molar-refractivity contribution in [3.63, 3.8) is 0 Å². The Balaban J connectivity index is 1.32. The van der Waals surface area contributed by atoms with Crippen molar-refractivity contribution < 1.29 is 26.7 Å². The number of carbonyl (C=O) groups is 1. The number of halogens is 2. The molecule has 0 aliphatic carbocycles. The Morgan fingerprint density at radius 2 is 1.60 bits per heavy atom. The zero-order valence-electron chi connectivity index (χ0n) is 18.9. The molecule has 0 unspecified atom stereocenters. The van der Waals surface area contributed by atoms with Crippen molar-refractivity contribution >= 4 is 21.5 Å². The number of carbonyl (C=O) groups excluding carboxylic acids is 1. The summed E-state index contributed by atoms with van der Waals surface area (Å²) >= 11 is 0. The summed E-state index contributed by atoms with van der Waals surface area (Å²) in [6.45, 7) is 1.63. The predicted molar refractivity (Wildman–Crippen MR) is 127 cm³/mol. The number of likely N-dealkylation sites (tertiary alicyclic amines) is 1. The van der Waals surface area contributed by atoms with Crippen LogP contribution in [0, 0.1) is 17.6 Å². The van der Waals surface area contributed by atoms with Crippen LogP contribution in [0.3, 0.4) is 0 Å². The molecule has 0 amide bonds. The van der Waals surface area contributed by atoms with E-state index < -0.39 is 15.8 Å². The van der Waals surface area contributed by atoms with Crippen molar-refractivity contribution in [2.24, 2.45) is 5.92 Å². The Bertz CT molecular complexity index is 1350. The van der Waals surface area contributed by atoms with Crippen molar-refractivity contribution in [1.82, 2.24) is 4.90 Å². The predicted octanol–water partition coefficient (Wildman–Crippen LogP) is 4.86. The first-order valence-electron chi connectivity index (χ1n) is 11.4. The molecule has 0 N–H and O–H groups in total. The molecule has 0 aromatic heterocycles. The Morgan fingerprint density at radius 3 is 2.34 bits per heavy atom. The number of ketones is 1. The quantitative estimate of drug-likeness (QED) is 0.470. The minimum absolute atomic E-state index is 0.0170. The van der Waals surface area contributed by atoms with E-state index in [9.17, 15) is 22.0 Å². The molecule has 35 heavy (non-hydrogen) atoms. The maximum atomic E-state index is 14.2. The second-order valence-corrected chi connectivity index (χ2v) is 10.7. The highest BCUT2D eigenvalue weighted by Crippen LogP contribution is 2.43. The summed E-state index contributed by atoms with van der Waals surface area (Å²) in [7, 11) is -3.98. The molecule has 2 aliphatic heterocycles. The fourth-order valence-corrected chi connectivity index (χ4v) is 6.23. The fraction of sp³-hybridized carbons (Fsp3) is 0.269. The molecule has 5 rings (SSSR count). The van der Waals surface area contributed by atoms with Crippen LogP contribution >= 0.6 is 0 Å². The first-order chi connectivity index (χ1) is 16.8. The molecule has 9 heteroatoms. The highest BCUT2D eigenvalue weighted by molar-refractivity contribution is 7.93. The molecular formula is C26H24F2N2O4S. The molecule has 0 saturated carbocycles. The molecule has 0 bridgehead atoms. The SMILES string of the molecule is O=C(CN1CCC(CN2c3cc(F)ccc3Oc3ccccc3S2(=O)=O)CC1)c1ccc(F)cc1. The summed E-state index contributed by atoms with van der Waals surface area (Å²) in [5.41, 5.74) is 0.636. The normalized spacial score (nSPS) is 17.7. The van der Waals surface area contributed by atoms with Gasteiger partial charge in [0.15, 0.2) is 11.5 Å². The molecule has 3 aromatic rings. The monoisotopic (exact) mass is 498 g/mol. The minimum atomic E-state index is -3.98. The summed E-state index contributed by atoms with van der Waals surface area (Å²) in [5.74, 6) is -0.521. The smallest absolute Gasteiger partial charge is 0.268 e. The van der Waals surface area contributed by atoms with Crippen molar-refractivity contribution in [3.05, 3.63) is 83.9 Å². The Kier molecular flexibility index (Phi) is 6.29. The molecule has 0 atom stereocenters. The summed E-state index contributed by atoms with van der Waals surface area (Å²) in [4.78, 5) is 14.6. The highest BCUT2D eigenvalue weighted by atomic mass is 32.2. The van der Waals surface area contributed by atoms with Crippen molar-refractivity contribution in [2.45, 2.75) is 17.7 Å². The lowest BCUT2D eigenvalue weighted by Gasteiger charge is -2.34. The molecule has 0 spiro atoms. The molecule has 182 valence electrons. The van der Waals surface area contributed by atoms with Crippen LogP contribution in [0.5, 0.6) is 11.5 Å². The van der Waals surface area contributed by atoms with E-state index in [2.05, 4.69) is 0 Å². The number of hydrogen-bond acceptors (Lipinski definition) is 5. The van der Waals surface area contributed by atoms with Crippen molar-refractivity contribution in [1.29, 1.82) is 0 Å². The minimum Gasteiger partial charge on any atom is -0.454 e. The van der Waals surface area contributed by atoms with Gasteiger partial charge in [-0.2, -0.15) is 0 Å². The van der Waals surface area contributed by atoms with Crippen molar-refractivity contribution in [3.8, 4) is 11.5 Å². The van der Waals surface area contributed by atoms with Crippen LogP contribution in [0.15, 0.2) is 71.6 Å². The van der Waals surface area contributed by atoms with Gasteiger partial charge >= 0.3 is 0 Å². The fourth-order valence-electron chi connectivity index (χ4n) is 4.57. The van der Waals surface area contributed by atoms with Gasteiger partial charge < -0.3 is 4.74 Å². The summed E-state index contributed by atoms with van der Waals surface area (Å²) in [6, 6.07) is 15.8. The van der Waals surface area contributed by atoms with E-state index in [1.807, 2.05) is 4.90 Å². The topological polar surface area (TPSA) is 66.9 Å². The summed E-state index contributed by atoms with van der Waals surface area (Å²) < 4.78 is 61.6. The Hall–Kier alpha value is -3.30. The first kappa shape index (κ1) is 23.4. The number of nitrogens with zero attached hydrogens (tertiary/aromatic N) is 2. The molecule has 2 heterocycles. The number of anilines is 1. The van der Waals surface area contributed by atoms with E-state index >= 15 is 0 Å². The first-order valence-corrected chi connectivity index (χ1v) is 12.9. The lowest BCUT2D eigenvalue weighted by atomic mass is 9.96. The number of rotatable bonds is 5. The Labute approximate surface area is 202 Å². The largest absolute Gasteiger partial charge is 0.454 e. The van der Waals surface area contributed by atoms with E-state index in [1.165, 1.54) is 52.8 Å². The number of sulfonamides is 1. The van der Waals surface area contributed by atoms with Gasteiger partial charge in [-0.25, -0.2) is 17.2 Å². The molecule has 3 aromatic carbocycles. The Morgan fingerprint density at radius 1 is 0.914 bits per heavy atom. The third-order valence-corrected chi connectivity index (χ3v) is 8.31. The standard InChI is InChI=1S/C26H24F2N2O4S/c27-20-7-5-19(6-8-20)23(31)17-29-13-11-18(12-14-29)16-30-22-15-21(28)9-10-24(22)34-25-3-1-2-4-26(25)35(30,32)33/h1-10,15,18H,11-14,16-17H2. The van der Waals surface area contributed by atoms with Crippen LogP contribution in [-0.2, 0) is 10.0 Å². The second kappa shape index (κ2) is 9.39. The van der Waals surface area contributed by atoms with Gasteiger partial charge in [-0.1, -0.05) is 12.1 Å². The number of para-hydroxylation sites is 1. The maximum Gasteiger partial charge on any atom is 0.268 e. The van der Waals surface area contributed by atoms with E-state index in [-0.39, 0.29) is 52.7 Å². The van der Waals surface area contributed by atoms with Gasteiger partial charge in [-0.15, -0.1) is 0 Å². The average Bonchev–Trinajstić information content (AvgIpc) is 2.93. The number of hydrogen-bond donors (Lipinski definition) is 0. The van der Waals surface area contributed by atoms with Gasteiger partial charge in [0.05, 0.1) is 12.2 Å². The van der Waals surface area contributed by atoms with E-state index in [4.69, 9.17) is 4.74 Å². The summed E-state index contributed by atoms with van der Waals surface area (Å²) in [6.07, 6.45) is 1.35. The van der Waals surface area contributed by atoms with Gasteiger partial charge in [0, 0.05) is 18.2 Å². The molecule has 6 nitrogen and oxygen atoms in total. The van der Waals surface area contributed by atoms with E-state index in [1.54, 1.807) is 18.2 Å². The zero-order chi connectivity index (χ0) is 24.6. The van der Waals surface area contributed by atoms with Crippen LogP contribution in [0.1, 0.15) is 23.2 Å². The van der Waals surface area contributed by atoms with Gasteiger partial charge in [0.2, 0.25) is 0 Å². The zero-order valence-corrected chi connectivity index (χ0v) is 19.7. The number of ether oxygens (including phenoxy) is 1. The number of fused-ring (bicyclic) bond motifs is 2. The average molecular weight is 499 g/mol. The third-order valence-electron chi connectivity index (χ3n) is 6.49. The van der Waals surface area contributed by atoms with Gasteiger partial charge in [-0.05, 0) is 80.4 Å².